The second kappa shape index (κ2) is 3.97. The fraction of sp³-hybridized carbons (Fsp3) is 0.727. The molecule has 0 bridgehead atoms. The van der Waals surface area contributed by atoms with E-state index in [0.717, 1.165) is 25.7 Å². The zero-order valence-electron chi connectivity index (χ0n) is 10.1. The SMILES string of the molecule is CN(C)C1(C(=O)c2cnnn2C)CCCC1. The zero-order chi connectivity index (χ0) is 11.8. The zero-order valence-corrected chi connectivity index (χ0v) is 10.1. The van der Waals surface area contributed by atoms with Crippen LogP contribution in [0.4, 0.5) is 0 Å². The van der Waals surface area contributed by atoms with Crippen molar-refractivity contribution in [3.8, 4) is 0 Å². The molecule has 2 rings (SSSR count). The number of carbonyl (C=O) groups is 1. The maximum absolute atomic E-state index is 12.5. The molecule has 5 nitrogen and oxygen atoms in total. The van der Waals surface area contributed by atoms with Crippen LogP contribution in [-0.4, -0.2) is 45.3 Å². The Hall–Kier alpha value is -1.23. The smallest absolute Gasteiger partial charge is 0.202 e. The number of ketones is 1. The summed E-state index contributed by atoms with van der Waals surface area (Å²) in [4.78, 5) is 14.6. The second-order valence-corrected chi connectivity index (χ2v) is 4.71. The summed E-state index contributed by atoms with van der Waals surface area (Å²) in [5.41, 5.74) is 0.269. The van der Waals surface area contributed by atoms with Gasteiger partial charge in [-0.3, -0.25) is 9.69 Å². The third kappa shape index (κ3) is 1.55. The lowest BCUT2D eigenvalue weighted by atomic mass is 9.89. The van der Waals surface area contributed by atoms with Crippen molar-refractivity contribution >= 4 is 5.78 Å². The van der Waals surface area contributed by atoms with Gasteiger partial charge in [-0.25, -0.2) is 4.68 Å². The van der Waals surface area contributed by atoms with Crippen LogP contribution in [0.1, 0.15) is 36.2 Å². The Morgan fingerprint density at radius 2 is 2.06 bits per heavy atom. The molecule has 0 N–H and O–H groups in total. The van der Waals surface area contributed by atoms with Crippen molar-refractivity contribution in [1.29, 1.82) is 0 Å². The average Bonchev–Trinajstić information content (AvgIpc) is 2.85. The first-order chi connectivity index (χ1) is 7.58. The van der Waals surface area contributed by atoms with Crippen LogP contribution >= 0.6 is 0 Å². The van der Waals surface area contributed by atoms with Gasteiger partial charge in [0, 0.05) is 7.05 Å². The van der Waals surface area contributed by atoms with E-state index in [4.69, 9.17) is 0 Å². The highest BCUT2D eigenvalue weighted by molar-refractivity contribution is 6.01. The number of nitrogens with zero attached hydrogens (tertiary/aromatic N) is 4. The highest BCUT2D eigenvalue weighted by atomic mass is 16.1. The lowest BCUT2D eigenvalue weighted by molar-refractivity contribution is 0.0682. The summed E-state index contributed by atoms with van der Waals surface area (Å²) in [6, 6.07) is 0. The molecule has 1 fully saturated rings. The second-order valence-electron chi connectivity index (χ2n) is 4.71. The largest absolute Gasteiger partial charge is 0.297 e. The normalized spacial score (nSPS) is 19.2. The summed E-state index contributed by atoms with van der Waals surface area (Å²) in [6.07, 6.45) is 5.67. The van der Waals surface area contributed by atoms with Crippen LogP contribution in [0.5, 0.6) is 0 Å². The van der Waals surface area contributed by atoms with Gasteiger partial charge < -0.3 is 0 Å². The van der Waals surface area contributed by atoms with E-state index >= 15 is 0 Å². The molecule has 0 spiro atoms. The Kier molecular flexibility index (Phi) is 2.80. The number of rotatable bonds is 3. The van der Waals surface area contributed by atoms with Crippen LogP contribution in [0.2, 0.25) is 0 Å². The molecule has 0 radical (unpaired) electrons. The van der Waals surface area contributed by atoms with Gasteiger partial charge in [-0.15, -0.1) is 5.10 Å². The average molecular weight is 222 g/mol. The van der Waals surface area contributed by atoms with Gasteiger partial charge in [-0.2, -0.15) is 0 Å². The maximum atomic E-state index is 12.5. The molecule has 1 aliphatic carbocycles. The van der Waals surface area contributed by atoms with Gasteiger partial charge in [0.2, 0.25) is 5.78 Å². The molecule has 0 atom stereocenters. The molecule has 1 saturated carbocycles. The van der Waals surface area contributed by atoms with Crippen LogP contribution in [0.3, 0.4) is 0 Å². The molecule has 1 heterocycles. The third-order valence-corrected chi connectivity index (χ3v) is 3.66. The van der Waals surface area contributed by atoms with E-state index in [9.17, 15) is 4.79 Å². The fourth-order valence-electron chi connectivity index (χ4n) is 2.57. The van der Waals surface area contributed by atoms with Crippen LogP contribution in [-0.2, 0) is 7.05 Å². The molecule has 1 aromatic heterocycles. The molecule has 88 valence electrons. The van der Waals surface area contributed by atoms with E-state index in [-0.39, 0.29) is 11.3 Å². The predicted molar refractivity (Wildman–Crippen MR) is 60.2 cm³/mol. The molecule has 0 aliphatic heterocycles. The Morgan fingerprint density at radius 1 is 1.44 bits per heavy atom. The van der Waals surface area contributed by atoms with E-state index in [1.54, 1.807) is 17.9 Å². The van der Waals surface area contributed by atoms with Gasteiger partial charge in [-0.05, 0) is 26.9 Å². The minimum absolute atomic E-state index is 0.155. The van der Waals surface area contributed by atoms with Crippen molar-refractivity contribution in [3.63, 3.8) is 0 Å². The van der Waals surface area contributed by atoms with Crippen LogP contribution in [0, 0.1) is 0 Å². The van der Waals surface area contributed by atoms with Crippen molar-refractivity contribution < 1.29 is 4.79 Å². The highest BCUT2D eigenvalue weighted by Gasteiger charge is 2.44. The van der Waals surface area contributed by atoms with Gasteiger partial charge >= 0.3 is 0 Å². The summed E-state index contributed by atoms with van der Waals surface area (Å²) in [6.45, 7) is 0. The molecule has 0 saturated heterocycles. The van der Waals surface area contributed by atoms with Crippen molar-refractivity contribution in [3.05, 3.63) is 11.9 Å². The van der Waals surface area contributed by atoms with Crippen LogP contribution < -0.4 is 0 Å². The Labute approximate surface area is 95.4 Å². The van der Waals surface area contributed by atoms with E-state index in [0.29, 0.717) is 5.69 Å². The summed E-state index contributed by atoms with van der Waals surface area (Å²) in [5.74, 6) is 0.155. The molecule has 16 heavy (non-hydrogen) atoms. The number of Topliss-reactive ketones (excluding diaryl/α,β-unsaturated/α-hetero) is 1. The van der Waals surface area contributed by atoms with E-state index in [1.807, 2.05) is 14.1 Å². The van der Waals surface area contributed by atoms with Gasteiger partial charge in [0.1, 0.15) is 5.69 Å². The van der Waals surface area contributed by atoms with Crippen molar-refractivity contribution in [2.45, 2.75) is 31.2 Å². The molecule has 0 aromatic carbocycles. The predicted octanol–water partition coefficient (Wildman–Crippen LogP) is 0.872. The van der Waals surface area contributed by atoms with E-state index in [2.05, 4.69) is 15.2 Å². The topological polar surface area (TPSA) is 51.0 Å². The maximum Gasteiger partial charge on any atom is 0.202 e. The van der Waals surface area contributed by atoms with Crippen molar-refractivity contribution in [2.24, 2.45) is 7.05 Å². The monoisotopic (exact) mass is 222 g/mol. The molecule has 5 heteroatoms. The molecule has 0 unspecified atom stereocenters. The molecular formula is C11H18N4O. The number of hydrogen-bond acceptors (Lipinski definition) is 4. The summed E-state index contributed by atoms with van der Waals surface area (Å²) in [5, 5.41) is 7.61. The number of aromatic nitrogens is 3. The first kappa shape index (κ1) is 11.3. The fourth-order valence-corrected chi connectivity index (χ4v) is 2.57. The number of carbonyl (C=O) groups excluding carboxylic acids is 1. The van der Waals surface area contributed by atoms with Crippen molar-refractivity contribution in [1.82, 2.24) is 19.9 Å². The summed E-state index contributed by atoms with van der Waals surface area (Å²) in [7, 11) is 5.72. The molecule has 0 amide bonds. The molecule has 1 aromatic rings. The first-order valence-electron chi connectivity index (χ1n) is 5.65. The number of aryl methyl sites for hydroxylation is 1. The highest BCUT2D eigenvalue weighted by Crippen LogP contribution is 2.36. The van der Waals surface area contributed by atoms with E-state index in [1.165, 1.54) is 0 Å². The Bertz CT molecular complexity index is 390. The number of likely N-dealkylation sites (N-methyl/N-ethyl adjacent to an activating group) is 1. The Morgan fingerprint density at radius 3 is 2.50 bits per heavy atom. The van der Waals surface area contributed by atoms with E-state index < -0.39 is 0 Å². The first-order valence-corrected chi connectivity index (χ1v) is 5.65. The van der Waals surface area contributed by atoms with Gasteiger partial charge in [0.05, 0.1) is 11.7 Å². The quantitative estimate of drug-likeness (QED) is 0.712. The third-order valence-electron chi connectivity index (χ3n) is 3.66. The number of hydrogen-bond donors (Lipinski definition) is 0. The molecule has 1 aliphatic rings. The minimum Gasteiger partial charge on any atom is -0.297 e. The van der Waals surface area contributed by atoms with Crippen LogP contribution in [0.25, 0.3) is 0 Å². The van der Waals surface area contributed by atoms with Gasteiger partial charge in [0.25, 0.3) is 0 Å². The van der Waals surface area contributed by atoms with Crippen LogP contribution in [0.15, 0.2) is 6.20 Å². The van der Waals surface area contributed by atoms with Gasteiger partial charge in [-0.1, -0.05) is 18.1 Å². The standard InChI is InChI=1S/C11H18N4O/c1-14(2)11(6-4-5-7-11)10(16)9-8-12-13-15(9)3/h8H,4-7H2,1-3H3. The van der Waals surface area contributed by atoms with Gasteiger partial charge in [0.15, 0.2) is 0 Å². The lowest BCUT2D eigenvalue weighted by Gasteiger charge is -2.34. The summed E-state index contributed by atoms with van der Waals surface area (Å²) < 4.78 is 1.56. The summed E-state index contributed by atoms with van der Waals surface area (Å²) >= 11 is 0. The molecular weight excluding hydrogens is 204 g/mol. The lowest BCUT2D eigenvalue weighted by Crippen LogP contribution is -2.49. The van der Waals surface area contributed by atoms with Crippen molar-refractivity contribution in [2.75, 3.05) is 14.1 Å². The minimum atomic E-state index is -0.338. The Balaban J connectivity index is 2.35.